The Morgan fingerprint density at radius 1 is 0.176 bits per heavy atom. The molecule has 14 aromatic rings. The highest BCUT2D eigenvalue weighted by molar-refractivity contribution is 6.31. The van der Waals surface area contributed by atoms with Crippen LogP contribution in [0.25, 0.3) is 98.7 Å². The van der Waals surface area contributed by atoms with E-state index in [0.717, 1.165) is 71.0 Å². The lowest BCUT2D eigenvalue weighted by atomic mass is 9.48. The van der Waals surface area contributed by atoms with Gasteiger partial charge in [0, 0.05) is 44.3 Å². The molecule has 16 saturated carbocycles. The van der Waals surface area contributed by atoms with Crippen LogP contribution in [-0.4, -0.2) is 0 Å². The molecule has 142 heavy (non-hydrogen) atoms. The minimum absolute atomic E-state index is 0.174. The van der Waals surface area contributed by atoms with Crippen LogP contribution < -0.4 is 9.80 Å². The Balaban J connectivity index is 0.725. The van der Waals surface area contributed by atoms with Crippen LogP contribution in [0.5, 0.6) is 0 Å². The minimum atomic E-state index is -0.207. The van der Waals surface area contributed by atoms with Crippen molar-refractivity contribution in [2.24, 2.45) is 71.0 Å². The Kier molecular flexibility index (Phi) is 21.0. The van der Waals surface area contributed by atoms with Crippen LogP contribution in [0.3, 0.4) is 0 Å². The van der Waals surface area contributed by atoms with Gasteiger partial charge in [0.05, 0.1) is 11.4 Å². The number of hydrogen-bond acceptors (Lipinski definition) is 2. The third kappa shape index (κ3) is 15.7. The van der Waals surface area contributed by atoms with E-state index in [1.807, 2.05) is 0 Å². The van der Waals surface area contributed by atoms with Gasteiger partial charge < -0.3 is 9.80 Å². The minimum Gasteiger partial charge on any atom is -0.309 e. The molecule has 0 amide bonds. The second-order valence-electron chi connectivity index (χ2n) is 56.4. The number of fused-ring (bicyclic) bond motifs is 4. The van der Waals surface area contributed by atoms with Crippen LogP contribution in [0.2, 0.25) is 0 Å². The highest BCUT2D eigenvalue weighted by atomic mass is 15.2. The maximum Gasteiger partial charge on any atom is 0.0618 e. The molecule has 0 aromatic heterocycles. The van der Waals surface area contributed by atoms with Crippen molar-refractivity contribution in [1.29, 1.82) is 0 Å². The van der Waals surface area contributed by atoms with Crippen molar-refractivity contribution in [2.45, 2.75) is 333 Å². The molecule has 0 unspecified atom stereocenters. The Morgan fingerprint density at radius 2 is 0.380 bits per heavy atom. The van der Waals surface area contributed by atoms with Gasteiger partial charge in [0.2, 0.25) is 0 Å². The largest absolute Gasteiger partial charge is 0.309 e. The van der Waals surface area contributed by atoms with E-state index in [1.54, 1.807) is 22.3 Å². The maximum atomic E-state index is 2.80. The van der Waals surface area contributed by atoms with Crippen LogP contribution in [0.15, 0.2) is 255 Å². The van der Waals surface area contributed by atoms with Crippen LogP contribution in [-0.2, 0) is 54.1 Å². The van der Waals surface area contributed by atoms with Crippen molar-refractivity contribution in [3.05, 3.63) is 310 Å². The summed E-state index contributed by atoms with van der Waals surface area (Å²) < 4.78 is 0. The summed E-state index contributed by atoms with van der Waals surface area (Å²) in [5.41, 5.74) is 34.2. The van der Waals surface area contributed by atoms with Gasteiger partial charge >= 0.3 is 0 Å². The first-order valence-electron chi connectivity index (χ1n) is 56.4. The van der Waals surface area contributed by atoms with Crippen LogP contribution in [0.1, 0.15) is 334 Å². The first-order chi connectivity index (χ1) is 67.7. The van der Waals surface area contributed by atoms with Gasteiger partial charge in [-0.3, -0.25) is 0 Å². The van der Waals surface area contributed by atoms with Gasteiger partial charge in [-0.15, -0.1) is 0 Å². The molecule has 16 fully saturated rings. The fraction of sp³-hybridized carbons (Fsp3) is 0.457. The van der Waals surface area contributed by atoms with Gasteiger partial charge in [0.15, 0.2) is 0 Å². The van der Waals surface area contributed by atoms with Crippen molar-refractivity contribution < 1.29 is 0 Å². The molecule has 16 bridgehead atoms. The number of anilines is 6. The summed E-state index contributed by atoms with van der Waals surface area (Å²) in [5.74, 6) is 10.5. The van der Waals surface area contributed by atoms with E-state index in [2.05, 4.69) is 389 Å². The molecule has 0 spiro atoms. The average Bonchev–Trinajstić information content (AvgIpc) is 0.701. The first kappa shape index (κ1) is 91.6. The van der Waals surface area contributed by atoms with E-state index >= 15 is 0 Å². The molecule has 14 aromatic carbocycles. The van der Waals surface area contributed by atoms with Gasteiger partial charge in [-0.1, -0.05) is 307 Å². The fourth-order valence-corrected chi connectivity index (χ4v) is 34.4. The van der Waals surface area contributed by atoms with E-state index in [9.17, 15) is 0 Å². The van der Waals surface area contributed by atoms with Gasteiger partial charge in [-0.05, 0) is 485 Å². The number of benzene rings is 14. The molecule has 30 rings (SSSR count). The monoisotopic (exact) mass is 1870 g/mol. The quantitative estimate of drug-likeness (QED) is 0.0944. The topological polar surface area (TPSA) is 6.48 Å². The van der Waals surface area contributed by atoms with Gasteiger partial charge in [-0.25, -0.2) is 0 Å². The highest BCUT2D eigenvalue weighted by Gasteiger charge is 2.56. The number of hydrogen-bond donors (Lipinski definition) is 0. The highest BCUT2D eigenvalue weighted by Crippen LogP contribution is 2.67. The second-order valence-corrected chi connectivity index (χ2v) is 56.4. The molecule has 0 atom stereocenters. The fourth-order valence-electron chi connectivity index (χ4n) is 34.4. The van der Waals surface area contributed by atoms with E-state index in [0.29, 0.717) is 21.7 Å². The molecule has 2 heteroatoms. The zero-order valence-corrected chi connectivity index (χ0v) is 89.0. The zero-order chi connectivity index (χ0) is 97.4. The lowest BCUT2D eigenvalue weighted by Gasteiger charge is -2.57. The second kappa shape index (κ2) is 32.6. The van der Waals surface area contributed by atoms with E-state index in [1.165, 1.54) is 320 Å². The van der Waals surface area contributed by atoms with E-state index < -0.39 is 0 Å². The summed E-state index contributed by atoms with van der Waals surface area (Å²) in [7, 11) is 0. The van der Waals surface area contributed by atoms with Crippen molar-refractivity contribution in [3.8, 4) is 55.6 Å². The third-order valence-electron chi connectivity index (χ3n) is 40.1. The van der Waals surface area contributed by atoms with Gasteiger partial charge in [0.1, 0.15) is 0 Å². The normalized spacial score (nSPS) is 27.9. The third-order valence-corrected chi connectivity index (χ3v) is 40.1. The summed E-state index contributed by atoms with van der Waals surface area (Å²) in [6, 6.07) is 107. The van der Waals surface area contributed by atoms with Crippen molar-refractivity contribution in [3.63, 3.8) is 0 Å². The maximum absolute atomic E-state index is 2.80. The molecule has 2 nitrogen and oxygen atoms in total. The van der Waals surface area contributed by atoms with Crippen LogP contribution >= 0.6 is 0 Å². The Hall–Kier alpha value is -10.3. The number of rotatable bonds is 15. The molecular weight excluding hydrogens is 1710 g/mol. The van der Waals surface area contributed by atoms with Crippen LogP contribution in [0, 0.1) is 71.0 Å². The van der Waals surface area contributed by atoms with Gasteiger partial charge in [-0.2, -0.15) is 0 Å². The first-order valence-corrected chi connectivity index (χ1v) is 56.4. The molecule has 0 saturated heterocycles. The Bertz CT molecular complexity index is 6960. The molecule has 0 radical (unpaired) electrons. The SMILES string of the molecule is CC(C)(C)c1cc(N(c2cc(-c3ccc(C45CC6CC(CC(C6)C4)C5)cc3)cc(-c3ccc(C45CC6CC(CC(C6)C4)C5)cc3)c2)c2c3ccccc3c(-c3c4ccccc4c(N(c4cc(-c5ccc(C67CC8CC(CC(C8)C6)C7)cc5)cc(-c5ccc(C67CC8CC(CC(C8)C6)C7)cc5)c4)c4cc(C(C)(C)C)cc(C(C)(C)C)c4)c4cc(C(C)(C)C)ccc34)c3cc(C(C)(C)C)ccc23)cc(C(C)(C)C)c1. The van der Waals surface area contributed by atoms with Crippen molar-refractivity contribution in [2.75, 3.05) is 9.80 Å². The molecule has 0 N–H and O–H groups in total. The van der Waals surface area contributed by atoms with Crippen molar-refractivity contribution in [1.82, 2.24) is 0 Å². The van der Waals surface area contributed by atoms with Gasteiger partial charge in [0.25, 0.3) is 0 Å². The van der Waals surface area contributed by atoms with E-state index in [-0.39, 0.29) is 32.5 Å². The summed E-state index contributed by atoms with van der Waals surface area (Å²) in [5, 5.41) is 9.92. The zero-order valence-electron chi connectivity index (χ0n) is 89.0. The lowest BCUT2D eigenvalue weighted by Crippen LogP contribution is -2.48. The molecule has 0 heterocycles. The predicted octanol–water partition coefficient (Wildman–Crippen LogP) is 39.2. The smallest absolute Gasteiger partial charge is 0.0618 e. The summed E-state index contributed by atoms with van der Waals surface area (Å²) in [4.78, 5) is 5.59. The molecule has 16 aliphatic rings. The Morgan fingerprint density at radius 3 is 0.634 bits per heavy atom. The predicted molar refractivity (Wildman–Crippen MR) is 605 cm³/mol. The summed E-state index contributed by atoms with van der Waals surface area (Å²) >= 11 is 0. The molecule has 726 valence electrons. The Labute approximate surface area is 850 Å². The molecule has 0 aliphatic heterocycles. The average molecular weight is 1870 g/mol. The van der Waals surface area contributed by atoms with Crippen molar-refractivity contribution >= 4 is 77.2 Å². The molecular formula is C140H156N2. The summed E-state index contributed by atoms with van der Waals surface area (Å²) in [6.45, 7) is 43.8. The number of nitrogens with zero attached hydrogens (tertiary/aromatic N) is 2. The van der Waals surface area contributed by atoms with Crippen LogP contribution in [0.4, 0.5) is 34.1 Å². The standard InChI is InChI=1S/C140H156N2/c1-131(2,3)109-44-46-124-125(71-109)128(120-24-20-21-25-122(120)129(124)141(117-67-111(133(7,8)9)65-112(68-117)134(10,11)12)115-61-101(97-27-35-105(36-28-97)137-73-85-47-86(74-137)49-87(48-85)75-137)59-102(62-115)98-29-37-106(38-30-98)138-76-88-50-89(77-138)52-90(51-88)78-138)127-119-23-19-22-26-123(119)130(126-72-110(132(4,5)6)43-45-121(126)127)142(118-69-113(135(13,14)15)66-114(70-118)136(16,17)18)116-63-103(99-31-39-107(40-32-99)139-79-91-53-92(80-139)55-93(54-91)81-139)60-104(64-116)100-33-41-108(42-34-100)140-82-94-56-95(83-140)58-96(57-94)84-140/h19-46,59-72,85-96H,47-58,73-84H2,1-18H3. The lowest BCUT2D eigenvalue weighted by molar-refractivity contribution is -0.00530. The summed E-state index contributed by atoms with van der Waals surface area (Å²) in [6.07, 6.45) is 33.7. The van der Waals surface area contributed by atoms with E-state index in [4.69, 9.17) is 0 Å². The molecule has 16 aliphatic carbocycles.